The second kappa shape index (κ2) is 10.3. The van der Waals surface area contributed by atoms with Gasteiger partial charge in [-0.2, -0.15) is 0 Å². The van der Waals surface area contributed by atoms with E-state index in [0.717, 1.165) is 9.80 Å². The number of amides is 4. The van der Waals surface area contributed by atoms with E-state index in [1.54, 1.807) is 0 Å². The van der Waals surface area contributed by atoms with Crippen molar-refractivity contribution in [2.24, 2.45) is 0 Å². The summed E-state index contributed by atoms with van der Waals surface area (Å²) < 4.78 is 0. The van der Waals surface area contributed by atoms with Crippen LogP contribution in [0.5, 0.6) is 0 Å². The minimum atomic E-state index is -0.894. The van der Waals surface area contributed by atoms with E-state index in [9.17, 15) is 28.8 Å². The first-order valence-electron chi connectivity index (χ1n) is 12.0. The number of carbonyl (C=O) groups excluding carboxylic acids is 4. The molecule has 2 heterocycles. The molecule has 0 saturated carbocycles. The zero-order chi connectivity index (χ0) is 26.0. The number of nitrogens with zero attached hydrogens (tertiary/aromatic N) is 2. The molecule has 0 spiro atoms. The molecule has 188 valence electrons. The van der Waals surface area contributed by atoms with Gasteiger partial charge in [0, 0.05) is 59.0 Å². The number of hydrogen-bond donors (Lipinski definition) is 2. The van der Waals surface area contributed by atoms with Gasteiger partial charge in [0.25, 0.3) is 23.6 Å². The maximum Gasteiger partial charge on any atom is 0.303 e. The smallest absolute Gasteiger partial charge is 0.303 e. The number of rotatable bonds is 12. The summed E-state index contributed by atoms with van der Waals surface area (Å²) in [4.78, 5) is 76.3. The molecule has 2 aromatic carbocycles. The van der Waals surface area contributed by atoms with Crippen molar-refractivity contribution in [3.05, 3.63) is 46.5 Å². The second-order valence-corrected chi connectivity index (χ2v) is 9.00. The van der Waals surface area contributed by atoms with Crippen molar-refractivity contribution in [1.82, 2.24) is 9.80 Å². The molecule has 0 radical (unpaired) electrons. The molecular weight excluding hydrogens is 468 g/mol. The molecule has 0 aromatic heterocycles. The van der Waals surface area contributed by atoms with Gasteiger partial charge >= 0.3 is 11.9 Å². The van der Waals surface area contributed by atoms with E-state index >= 15 is 0 Å². The van der Waals surface area contributed by atoms with E-state index < -0.39 is 35.6 Å². The van der Waals surface area contributed by atoms with Crippen LogP contribution in [0.1, 0.15) is 92.8 Å². The van der Waals surface area contributed by atoms with Gasteiger partial charge in [-0.05, 0) is 49.9 Å². The van der Waals surface area contributed by atoms with Crippen molar-refractivity contribution in [3.8, 4) is 0 Å². The molecule has 0 bridgehead atoms. The Morgan fingerprint density at radius 3 is 1.11 bits per heavy atom. The summed E-state index contributed by atoms with van der Waals surface area (Å²) in [5.74, 6) is -3.81. The van der Waals surface area contributed by atoms with Gasteiger partial charge < -0.3 is 10.2 Å². The van der Waals surface area contributed by atoms with Crippen molar-refractivity contribution >= 4 is 46.3 Å². The molecule has 36 heavy (non-hydrogen) atoms. The lowest BCUT2D eigenvalue weighted by atomic mass is 9.86. The number of aliphatic carboxylic acids is 2. The Kier molecular flexibility index (Phi) is 7.14. The van der Waals surface area contributed by atoms with Crippen LogP contribution in [0.25, 0.3) is 10.8 Å². The summed E-state index contributed by atoms with van der Waals surface area (Å²) >= 11 is 0. The summed E-state index contributed by atoms with van der Waals surface area (Å²) in [6, 6.07) is 6.04. The van der Waals surface area contributed by atoms with Gasteiger partial charge in [0.2, 0.25) is 0 Å². The van der Waals surface area contributed by atoms with Crippen molar-refractivity contribution in [3.63, 3.8) is 0 Å². The van der Waals surface area contributed by atoms with Crippen molar-refractivity contribution < 1.29 is 39.0 Å². The molecular formula is C26H26N2O8. The number of carboxylic acid groups (broad SMARTS) is 2. The molecule has 0 fully saturated rings. The van der Waals surface area contributed by atoms with Crippen LogP contribution in [0.15, 0.2) is 24.3 Å². The molecule has 4 amide bonds. The highest BCUT2D eigenvalue weighted by Gasteiger charge is 2.39. The van der Waals surface area contributed by atoms with E-state index in [1.807, 2.05) is 0 Å². The van der Waals surface area contributed by atoms with E-state index in [4.69, 9.17) is 10.2 Å². The van der Waals surface area contributed by atoms with E-state index in [1.165, 1.54) is 24.3 Å². The normalized spacial score (nSPS) is 14.7. The van der Waals surface area contributed by atoms with Crippen LogP contribution in [0.3, 0.4) is 0 Å². The Labute approximate surface area is 206 Å². The highest BCUT2D eigenvalue weighted by Crippen LogP contribution is 2.38. The Morgan fingerprint density at radius 1 is 0.528 bits per heavy atom. The van der Waals surface area contributed by atoms with Crippen LogP contribution < -0.4 is 0 Å². The molecule has 0 saturated heterocycles. The number of carboxylic acids is 2. The predicted octanol–water partition coefficient (Wildman–Crippen LogP) is 3.32. The van der Waals surface area contributed by atoms with E-state index in [2.05, 4.69) is 0 Å². The fraction of sp³-hybridized carbons (Fsp3) is 0.385. The summed E-state index contributed by atoms with van der Waals surface area (Å²) in [6.45, 7) is 0.296. The number of carbonyl (C=O) groups is 6. The van der Waals surface area contributed by atoms with Gasteiger partial charge in [0.15, 0.2) is 0 Å². The maximum atomic E-state index is 13.2. The van der Waals surface area contributed by atoms with Gasteiger partial charge in [-0.15, -0.1) is 0 Å². The fourth-order valence-corrected chi connectivity index (χ4v) is 4.83. The third-order valence-corrected chi connectivity index (χ3v) is 6.61. The summed E-state index contributed by atoms with van der Waals surface area (Å²) in [5.41, 5.74) is 0.994. The average molecular weight is 495 g/mol. The molecule has 0 aliphatic carbocycles. The number of unbranched alkanes of at least 4 members (excludes halogenated alkanes) is 4. The quantitative estimate of drug-likeness (QED) is 0.337. The van der Waals surface area contributed by atoms with Gasteiger partial charge in [0.05, 0.1) is 0 Å². The molecule has 2 aromatic rings. The van der Waals surface area contributed by atoms with Gasteiger partial charge in [0.1, 0.15) is 0 Å². The van der Waals surface area contributed by atoms with E-state index in [-0.39, 0.29) is 48.2 Å². The predicted molar refractivity (Wildman–Crippen MR) is 127 cm³/mol. The topological polar surface area (TPSA) is 149 Å². The van der Waals surface area contributed by atoms with Crippen molar-refractivity contribution in [2.45, 2.75) is 51.4 Å². The third-order valence-electron chi connectivity index (χ3n) is 6.61. The molecule has 0 atom stereocenters. The maximum absolute atomic E-state index is 13.2. The highest BCUT2D eigenvalue weighted by atomic mass is 16.4. The molecule has 10 nitrogen and oxygen atoms in total. The van der Waals surface area contributed by atoms with Crippen LogP contribution in [-0.4, -0.2) is 68.7 Å². The lowest BCUT2D eigenvalue weighted by Gasteiger charge is -2.32. The first kappa shape index (κ1) is 25.0. The van der Waals surface area contributed by atoms with Crippen LogP contribution in [-0.2, 0) is 9.59 Å². The molecule has 2 aliphatic heterocycles. The zero-order valence-electron chi connectivity index (χ0n) is 19.6. The lowest BCUT2D eigenvalue weighted by molar-refractivity contribution is -0.138. The Bertz CT molecular complexity index is 1130. The van der Waals surface area contributed by atoms with Gasteiger partial charge in [-0.1, -0.05) is 12.8 Å². The van der Waals surface area contributed by atoms with Crippen LogP contribution in [0.2, 0.25) is 0 Å². The fourth-order valence-electron chi connectivity index (χ4n) is 4.83. The number of imide groups is 2. The lowest BCUT2D eigenvalue weighted by Crippen LogP contribution is -2.43. The minimum Gasteiger partial charge on any atom is -0.481 e. The molecule has 10 heteroatoms. The van der Waals surface area contributed by atoms with E-state index in [0.29, 0.717) is 49.3 Å². The van der Waals surface area contributed by atoms with Crippen LogP contribution in [0.4, 0.5) is 0 Å². The molecule has 2 N–H and O–H groups in total. The summed E-state index contributed by atoms with van der Waals surface area (Å²) in [6.07, 6.45) is 3.00. The summed E-state index contributed by atoms with van der Waals surface area (Å²) in [7, 11) is 0. The monoisotopic (exact) mass is 494 g/mol. The van der Waals surface area contributed by atoms with Crippen LogP contribution in [0, 0.1) is 0 Å². The SMILES string of the molecule is O=C(O)CCCCCN1C(=O)c2ccc3c4c(ccc(c24)C1=O)C(=O)N(CCCCCC(=O)O)C3=O. The Morgan fingerprint density at radius 2 is 0.833 bits per heavy atom. The summed E-state index contributed by atoms with van der Waals surface area (Å²) in [5, 5.41) is 18.1. The average Bonchev–Trinajstić information content (AvgIpc) is 2.84. The second-order valence-electron chi connectivity index (χ2n) is 9.00. The Balaban J connectivity index is 1.57. The third kappa shape index (κ3) is 4.58. The first-order chi connectivity index (χ1) is 17.2. The molecule has 2 aliphatic rings. The molecule has 4 rings (SSSR count). The molecule has 0 unspecified atom stereocenters. The van der Waals surface area contributed by atoms with Crippen molar-refractivity contribution in [2.75, 3.05) is 13.1 Å². The largest absolute Gasteiger partial charge is 0.481 e. The first-order valence-corrected chi connectivity index (χ1v) is 12.0. The Hall–Kier alpha value is -4.08. The van der Waals surface area contributed by atoms with Gasteiger partial charge in [-0.3, -0.25) is 38.6 Å². The number of hydrogen-bond acceptors (Lipinski definition) is 6. The van der Waals surface area contributed by atoms with Crippen LogP contribution >= 0.6 is 0 Å². The number of benzene rings is 2. The van der Waals surface area contributed by atoms with Gasteiger partial charge in [-0.25, -0.2) is 0 Å². The minimum absolute atomic E-state index is 0.0248. The zero-order valence-corrected chi connectivity index (χ0v) is 19.6. The standard InChI is InChI=1S/C26H26N2O8/c29-19(30)7-3-1-5-13-27-23(33)15-9-11-17-22-18(12-10-16(21(15)22)24(27)34)26(36)28(25(17)35)14-6-2-4-8-20(31)32/h9-12H,1-8,13-14H2,(H,29,30)(H,31,32). The highest BCUT2D eigenvalue weighted by molar-refractivity contribution is 6.33. The van der Waals surface area contributed by atoms with Crippen molar-refractivity contribution in [1.29, 1.82) is 0 Å².